The van der Waals surface area contributed by atoms with E-state index in [1.54, 1.807) is 0 Å². The number of carbonyl (C=O) groups is 3. The maximum Gasteiger partial charge on any atom is 0.306 e. The van der Waals surface area contributed by atoms with Gasteiger partial charge in [-0.3, -0.25) is 14.4 Å². The SMILES string of the molecule is CCCCCCCCCCCCCCCCCCCC(=O)OC[C@H](COC(=O)CCCCCCCCCCCCCCC)OC(=O)CCCCCCCCCCC(C)C. The topological polar surface area (TPSA) is 78.9 Å². The molecule has 0 fully saturated rings. The Balaban J connectivity index is 4.27. The summed E-state index contributed by atoms with van der Waals surface area (Å²) in [5.74, 6) is -0.0519. The molecule has 0 aliphatic carbocycles. The standard InChI is InChI=1S/C53H102O6/c1-5-7-9-11-13-15-17-19-20-21-22-24-26-28-33-37-41-45-52(55)58-48-50(59-53(56)46-42-38-34-30-29-31-35-39-43-49(3)4)47-57-51(54)44-40-36-32-27-25-23-18-16-14-12-10-8-6-2/h49-50H,5-48H2,1-4H3/t50-/m0/s1. The number of esters is 3. The number of rotatable bonds is 48. The minimum atomic E-state index is -0.761. The summed E-state index contributed by atoms with van der Waals surface area (Å²) in [6, 6.07) is 0. The van der Waals surface area contributed by atoms with Gasteiger partial charge >= 0.3 is 17.9 Å². The predicted molar refractivity (Wildman–Crippen MR) is 252 cm³/mol. The molecule has 6 nitrogen and oxygen atoms in total. The second-order valence-electron chi connectivity index (χ2n) is 18.6. The number of unbranched alkanes of at least 4 members (excludes halogenated alkanes) is 35. The van der Waals surface area contributed by atoms with Crippen LogP contribution < -0.4 is 0 Å². The van der Waals surface area contributed by atoms with Crippen molar-refractivity contribution in [1.82, 2.24) is 0 Å². The summed E-state index contributed by atoms with van der Waals surface area (Å²) in [6.07, 6.45) is 49.5. The zero-order valence-corrected chi connectivity index (χ0v) is 40.2. The van der Waals surface area contributed by atoms with Crippen molar-refractivity contribution in [1.29, 1.82) is 0 Å². The quantitative estimate of drug-likeness (QED) is 0.0345. The smallest absolute Gasteiger partial charge is 0.306 e. The largest absolute Gasteiger partial charge is 0.462 e. The van der Waals surface area contributed by atoms with Gasteiger partial charge in [0.2, 0.25) is 0 Å². The fraction of sp³-hybridized carbons (Fsp3) is 0.943. The van der Waals surface area contributed by atoms with Crippen LogP contribution in [-0.2, 0) is 28.6 Å². The van der Waals surface area contributed by atoms with Gasteiger partial charge in [0, 0.05) is 19.3 Å². The molecule has 0 aliphatic heterocycles. The van der Waals surface area contributed by atoms with Crippen LogP contribution in [0.2, 0.25) is 0 Å². The molecule has 0 spiro atoms. The highest BCUT2D eigenvalue weighted by molar-refractivity contribution is 5.71. The maximum absolute atomic E-state index is 12.8. The Morgan fingerprint density at radius 1 is 0.322 bits per heavy atom. The molecule has 1 atom stereocenters. The van der Waals surface area contributed by atoms with Gasteiger partial charge in [-0.15, -0.1) is 0 Å². The average Bonchev–Trinajstić information content (AvgIpc) is 3.22. The Bertz CT molecular complexity index is 887. The van der Waals surface area contributed by atoms with E-state index in [4.69, 9.17) is 14.2 Å². The molecule has 0 aromatic rings. The first-order chi connectivity index (χ1) is 28.9. The van der Waals surface area contributed by atoms with Crippen LogP contribution in [0.4, 0.5) is 0 Å². The summed E-state index contributed by atoms with van der Waals surface area (Å²) in [7, 11) is 0. The molecule has 0 bridgehead atoms. The third-order valence-corrected chi connectivity index (χ3v) is 12.0. The zero-order chi connectivity index (χ0) is 43.1. The molecule has 0 aromatic heterocycles. The van der Waals surface area contributed by atoms with Crippen LogP contribution in [-0.4, -0.2) is 37.2 Å². The predicted octanol–water partition coefficient (Wildman–Crippen LogP) is 17.1. The molecule has 0 rings (SSSR count). The molecule has 0 amide bonds. The molecule has 0 N–H and O–H groups in total. The number of carbonyl (C=O) groups excluding carboxylic acids is 3. The van der Waals surface area contributed by atoms with Gasteiger partial charge in [-0.05, 0) is 25.2 Å². The lowest BCUT2D eigenvalue weighted by Crippen LogP contribution is -2.30. The van der Waals surface area contributed by atoms with Crippen molar-refractivity contribution in [3.63, 3.8) is 0 Å². The highest BCUT2D eigenvalue weighted by Gasteiger charge is 2.19. The molecular formula is C53H102O6. The van der Waals surface area contributed by atoms with Gasteiger partial charge in [-0.25, -0.2) is 0 Å². The summed E-state index contributed by atoms with van der Waals surface area (Å²) in [5.41, 5.74) is 0. The van der Waals surface area contributed by atoms with Crippen LogP contribution in [0, 0.1) is 5.92 Å². The van der Waals surface area contributed by atoms with Gasteiger partial charge in [0.05, 0.1) is 0 Å². The lowest BCUT2D eigenvalue weighted by Gasteiger charge is -2.18. The van der Waals surface area contributed by atoms with Crippen molar-refractivity contribution in [2.45, 2.75) is 303 Å². The second-order valence-corrected chi connectivity index (χ2v) is 18.6. The van der Waals surface area contributed by atoms with E-state index in [1.807, 2.05) is 0 Å². The molecule has 0 saturated heterocycles. The van der Waals surface area contributed by atoms with Crippen LogP contribution >= 0.6 is 0 Å². The summed E-state index contributed by atoms with van der Waals surface area (Å²) < 4.78 is 16.8. The van der Waals surface area contributed by atoms with Crippen LogP contribution in [0.1, 0.15) is 297 Å². The molecule has 0 aliphatic rings. The number of ether oxygens (including phenoxy) is 3. The molecule has 0 radical (unpaired) electrons. The summed E-state index contributed by atoms with van der Waals surface area (Å²) in [4.78, 5) is 37.9. The molecule has 0 heterocycles. The molecule has 59 heavy (non-hydrogen) atoms. The first kappa shape index (κ1) is 57.4. The van der Waals surface area contributed by atoms with Crippen molar-refractivity contribution in [3.8, 4) is 0 Å². The van der Waals surface area contributed by atoms with Gasteiger partial charge in [0.15, 0.2) is 6.10 Å². The van der Waals surface area contributed by atoms with Gasteiger partial charge in [-0.1, -0.05) is 259 Å². The normalized spacial score (nSPS) is 11.9. The van der Waals surface area contributed by atoms with Crippen LogP contribution in [0.25, 0.3) is 0 Å². The second kappa shape index (κ2) is 47.5. The van der Waals surface area contributed by atoms with E-state index in [0.717, 1.165) is 63.7 Å². The van der Waals surface area contributed by atoms with Crippen molar-refractivity contribution >= 4 is 17.9 Å². The first-order valence-corrected chi connectivity index (χ1v) is 26.4. The van der Waals surface area contributed by atoms with E-state index in [2.05, 4.69) is 27.7 Å². The number of hydrogen-bond acceptors (Lipinski definition) is 6. The Morgan fingerprint density at radius 2 is 0.559 bits per heavy atom. The van der Waals surface area contributed by atoms with Gasteiger partial charge < -0.3 is 14.2 Å². The molecule has 0 aromatic carbocycles. The monoisotopic (exact) mass is 835 g/mol. The van der Waals surface area contributed by atoms with E-state index < -0.39 is 6.10 Å². The highest BCUT2D eigenvalue weighted by Crippen LogP contribution is 2.17. The molecule has 0 unspecified atom stereocenters. The minimum Gasteiger partial charge on any atom is -0.462 e. The Labute approximate surface area is 368 Å². The van der Waals surface area contributed by atoms with Crippen LogP contribution in [0.15, 0.2) is 0 Å². The van der Waals surface area contributed by atoms with Crippen LogP contribution in [0.5, 0.6) is 0 Å². The van der Waals surface area contributed by atoms with Crippen LogP contribution in [0.3, 0.4) is 0 Å². The van der Waals surface area contributed by atoms with Gasteiger partial charge in [0.1, 0.15) is 13.2 Å². The number of hydrogen-bond donors (Lipinski definition) is 0. The van der Waals surface area contributed by atoms with Crippen molar-refractivity contribution in [3.05, 3.63) is 0 Å². The van der Waals surface area contributed by atoms with E-state index in [9.17, 15) is 14.4 Å². The average molecular weight is 835 g/mol. The zero-order valence-electron chi connectivity index (χ0n) is 40.2. The molecule has 0 saturated carbocycles. The molecule has 350 valence electrons. The first-order valence-electron chi connectivity index (χ1n) is 26.4. The highest BCUT2D eigenvalue weighted by atomic mass is 16.6. The Kier molecular flexibility index (Phi) is 46.2. The summed E-state index contributed by atoms with van der Waals surface area (Å²) in [6.45, 7) is 9.00. The molecule has 6 heteroatoms. The maximum atomic E-state index is 12.8. The lowest BCUT2D eigenvalue weighted by molar-refractivity contribution is -0.167. The van der Waals surface area contributed by atoms with E-state index in [1.165, 1.54) is 193 Å². The van der Waals surface area contributed by atoms with E-state index in [0.29, 0.717) is 19.3 Å². The van der Waals surface area contributed by atoms with Crippen molar-refractivity contribution in [2.24, 2.45) is 5.92 Å². The van der Waals surface area contributed by atoms with E-state index >= 15 is 0 Å². The van der Waals surface area contributed by atoms with Gasteiger partial charge in [0.25, 0.3) is 0 Å². The fourth-order valence-corrected chi connectivity index (χ4v) is 8.04. The fourth-order valence-electron chi connectivity index (χ4n) is 8.04. The third kappa shape index (κ3) is 47.3. The summed E-state index contributed by atoms with van der Waals surface area (Å²) in [5, 5.41) is 0. The lowest BCUT2D eigenvalue weighted by atomic mass is 10.0. The Hall–Kier alpha value is -1.59. The van der Waals surface area contributed by atoms with E-state index in [-0.39, 0.29) is 31.1 Å². The summed E-state index contributed by atoms with van der Waals surface area (Å²) >= 11 is 0. The molecular weight excluding hydrogens is 733 g/mol. The Morgan fingerprint density at radius 3 is 0.831 bits per heavy atom. The van der Waals surface area contributed by atoms with Crippen molar-refractivity contribution < 1.29 is 28.6 Å². The van der Waals surface area contributed by atoms with Gasteiger partial charge in [-0.2, -0.15) is 0 Å². The minimum absolute atomic E-state index is 0.0631. The van der Waals surface area contributed by atoms with Crippen molar-refractivity contribution in [2.75, 3.05) is 13.2 Å². The third-order valence-electron chi connectivity index (χ3n) is 12.0.